The Morgan fingerprint density at radius 1 is 1.30 bits per heavy atom. The van der Waals surface area contributed by atoms with E-state index in [-0.39, 0.29) is 10.8 Å². The van der Waals surface area contributed by atoms with E-state index in [2.05, 4.69) is 15.1 Å². The van der Waals surface area contributed by atoms with E-state index in [0.29, 0.717) is 34.3 Å². The maximum Gasteiger partial charge on any atom is 0.262 e. The van der Waals surface area contributed by atoms with Gasteiger partial charge in [0.2, 0.25) is 5.89 Å². The third kappa shape index (κ3) is 3.14. The van der Waals surface area contributed by atoms with Crippen molar-refractivity contribution in [3.05, 3.63) is 46.3 Å². The van der Waals surface area contributed by atoms with Crippen LogP contribution in [-0.4, -0.2) is 19.7 Å². The molecular weight excluding hydrogens is 312 g/mol. The van der Waals surface area contributed by atoms with Crippen LogP contribution in [0.15, 0.2) is 38.7 Å². The molecule has 0 saturated heterocycles. The van der Waals surface area contributed by atoms with Crippen molar-refractivity contribution in [2.75, 3.05) is 0 Å². The number of thioether (sulfide) groups is 1. The average Bonchev–Trinajstić information content (AvgIpc) is 2.98. The summed E-state index contributed by atoms with van der Waals surface area (Å²) in [5, 5.41) is 5.07. The summed E-state index contributed by atoms with van der Waals surface area (Å²) in [7, 11) is 0. The lowest BCUT2D eigenvalue weighted by molar-refractivity contribution is 0.376. The number of aromatic nitrogens is 4. The van der Waals surface area contributed by atoms with E-state index in [1.165, 1.54) is 11.8 Å². The minimum absolute atomic E-state index is 0.00569. The molecule has 0 aliphatic rings. The molecule has 0 fully saturated rings. The zero-order chi connectivity index (χ0) is 16.4. The van der Waals surface area contributed by atoms with Gasteiger partial charge in [-0.3, -0.25) is 9.36 Å². The fraction of sp³-hybridized carbons (Fsp3) is 0.375. The Bertz CT molecular complexity index is 887. The highest BCUT2D eigenvalue weighted by Gasteiger charge is 2.19. The van der Waals surface area contributed by atoms with Gasteiger partial charge in [0, 0.05) is 6.54 Å². The summed E-state index contributed by atoms with van der Waals surface area (Å²) >= 11 is 1.46. The molecule has 1 unspecified atom stereocenters. The lowest BCUT2D eigenvalue weighted by Gasteiger charge is -2.14. The molecule has 0 spiro atoms. The quantitative estimate of drug-likeness (QED) is 0.527. The van der Waals surface area contributed by atoms with Crippen molar-refractivity contribution in [2.45, 2.75) is 44.1 Å². The zero-order valence-corrected chi connectivity index (χ0v) is 14.1. The van der Waals surface area contributed by atoms with Crippen molar-refractivity contribution in [2.24, 2.45) is 0 Å². The molecule has 1 aromatic carbocycles. The number of aryl methyl sites for hydroxylation is 1. The molecule has 2 heterocycles. The normalized spacial score (nSPS) is 12.7. The summed E-state index contributed by atoms with van der Waals surface area (Å²) in [6.45, 7) is 6.43. The van der Waals surface area contributed by atoms with Crippen molar-refractivity contribution in [1.82, 2.24) is 19.7 Å². The van der Waals surface area contributed by atoms with Crippen LogP contribution in [0.25, 0.3) is 10.9 Å². The molecule has 7 heteroatoms. The lowest BCUT2D eigenvalue weighted by atomic mass is 10.2. The van der Waals surface area contributed by atoms with Gasteiger partial charge in [-0.15, -0.1) is 0 Å². The smallest absolute Gasteiger partial charge is 0.262 e. The molecule has 0 N–H and O–H groups in total. The predicted octanol–water partition coefficient (Wildman–Crippen LogP) is 3.35. The van der Waals surface area contributed by atoms with Gasteiger partial charge in [0.25, 0.3) is 5.56 Å². The largest absolute Gasteiger partial charge is 0.338 e. The van der Waals surface area contributed by atoms with Crippen LogP contribution in [0.3, 0.4) is 0 Å². The van der Waals surface area contributed by atoms with E-state index in [0.717, 1.165) is 6.42 Å². The van der Waals surface area contributed by atoms with Crippen LogP contribution < -0.4 is 5.56 Å². The van der Waals surface area contributed by atoms with Crippen molar-refractivity contribution < 1.29 is 4.52 Å². The Morgan fingerprint density at radius 2 is 2.09 bits per heavy atom. The number of hydrogen-bond donors (Lipinski definition) is 0. The molecule has 6 nitrogen and oxygen atoms in total. The minimum atomic E-state index is -0.0765. The van der Waals surface area contributed by atoms with Crippen LogP contribution in [0.2, 0.25) is 0 Å². The van der Waals surface area contributed by atoms with Crippen LogP contribution in [0.5, 0.6) is 0 Å². The molecule has 0 bridgehead atoms. The van der Waals surface area contributed by atoms with E-state index in [9.17, 15) is 4.79 Å². The summed E-state index contributed by atoms with van der Waals surface area (Å²) < 4.78 is 6.95. The van der Waals surface area contributed by atoms with Crippen LogP contribution in [0.4, 0.5) is 0 Å². The Morgan fingerprint density at radius 3 is 2.78 bits per heavy atom. The molecule has 2 aromatic heterocycles. The first-order valence-electron chi connectivity index (χ1n) is 7.56. The molecule has 0 aliphatic heterocycles. The van der Waals surface area contributed by atoms with Crippen LogP contribution in [-0.2, 0) is 6.54 Å². The van der Waals surface area contributed by atoms with Gasteiger partial charge in [-0.05, 0) is 32.4 Å². The Labute approximate surface area is 137 Å². The van der Waals surface area contributed by atoms with E-state index < -0.39 is 0 Å². The molecule has 0 radical (unpaired) electrons. The third-order valence-corrected chi connectivity index (χ3v) is 4.52. The Balaban J connectivity index is 2.04. The van der Waals surface area contributed by atoms with Crippen LogP contribution >= 0.6 is 11.8 Å². The Kier molecular flexibility index (Phi) is 4.47. The maximum atomic E-state index is 12.7. The summed E-state index contributed by atoms with van der Waals surface area (Å²) in [4.78, 5) is 21.6. The third-order valence-electron chi connectivity index (χ3n) is 3.45. The summed E-state index contributed by atoms with van der Waals surface area (Å²) in [5.41, 5.74) is 0.704. The van der Waals surface area contributed by atoms with Gasteiger partial charge >= 0.3 is 0 Å². The summed E-state index contributed by atoms with van der Waals surface area (Å²) in [5.74, 6) is 1.14. The second-order valence-corrected chi connectivity index (χ2v) is 6.62. The first-order valence-corrected chi connectivity index (χ1v) is 8.44. The second kappa shape index (κ2) is 6.54. The minimum Gasteiger partial charge on any atom is -0.338 e. The predicted molar refractivity (Wildman–Crippen MR) is 89.6 cm³/mol. The summed E-state index contributed by atoms with van der Waals surface area (Å²) in [6, 6.07) is 7.42. The molecule has 23 heavy (non-hydrogen) atoms. The maximum absolute atomic E-state index is 12.7. The molecule has 3 aromatic rings. The Hall–Kier alpha value is -2.15. The van der Waals surface area contributed by atoms with Crippen molar-refractivity contribution in [3.63, 3.8) is 0 Å². The first kappa shape index (κ1) is 15.7. The highest BCUT2D eigenvalue weighted by atomic mass is 32.2. The number of para-hydroxylation sites is 1. The zero-order valence-electron chi connectivity index (χ0n) is 13.3. The van der Waals surface area contributed by atoms with Gasteiger partial charge in [0.1, 0.15) is 0 Å². The van der Waals surface area contributed by atoms with E-state index >= 15 is 0 Å². The topological polar surface area (TPSA) is 73.8 Å². The highest BCUT2D eigenvalue weighted by Crippen LogP contribution is 2.32. The van der Waals surface area contributed by atoms with Crippen LogP contribution in [0.1, 0.15) is 37.2 Å². The fourth-order valence-electron chi connectivity index (χ4n) is 2.35. The molecule has 0 amide bonds. The van der Waals surface area contributed by atoms with E-state index in [1.54, 1.807) is 11.5 Å². The summed E-state index contributed by atoms with van der Waals surface area (Å²) in [6.07, 6.45) is 0.863. The van der Waals surface area contributed by atoms with Gasteiger partial charge in [-0.2, -0.15) is 4.98 Å². The molecular formula is C16H18N4O2S. The number of rotatable bonds is 5. The number of hydrogen-bond acceptors (Lipinski definition) is 6. The van der Waals surface area contributed by atoms with E-state index in [1.807, 2.05) is 38.1 Å². The van der Waals surface area contributed by atoms with Gasteiger partial charge in [-0.1, -0.05) is 36.0 Å². The SMILES string of the molecule is CCCn1c(SC(C)c2nc(C)no2)nc2ccccc2c1=O. The van der Waals surface area contributed by atoms with Crippen molar-refractivity contribution >= 4 is 22.7 Å². The van der Waals surface area contributed by atoms with Gasteiger partial charge in [0.05, 0.1) is 16.2 Å². The molecule has 3 rings (SSSR count). The highest BCUT2D eigenvalue weighted by molar-refractivity contribution is 7.99. The standard InChI is InChI=1S/C16H18N4O2S/c1-4-9-20-15(21)12-7-5-6-8-13(12)18-16(20)23-10(2)14-17-11(3)19-22-14/h5-8,10H,4,9H2,1-3H3. The number of benzene rings is 1. The second-order valence-electron chi connectivity index (χ2n) is 5.31. The monoisotopic (exact) mass is 330 g/mol. The van der Waals surface area contributed by atoms with Crippen molar-refractivity contribution in [1.29, 1.82) is 0 Å². The number of nitrogens with zero attached hydrogens (tertiary/aromatic N) is 4. The molecule has 120 valence electrons. The average molecular weight is 330 g/mol. The first-order chi connectivity index (χ1) is 11.1. The van der Waals surface area contributed by atoms with Gasteiger partial charge in [0.15, 0.2) is 11.0 Å². The number of fused-ring (bicyclic) bond motifs is 1. The van der Waals surface area contributed by atoms with E-state index in [4.69, 9.17) is 4.52 Å². The van der Waals surface area contributed by atoms with Gasteiger partial charge in [-0.25, -0.2) is 4.98 Å². The van der Waals surface area contributed by atoms with Crippen molar-refractivity contribution in [3.8, 4) is 0 Å². The molecule has 0 saturated carbocycles. The lowest BCUT2D eigenvalue weighted by Crippen LogP contribution is -2.23. The molecule has 0 aliphatic carbocycles. The fourth-order valence-corrected chi connectivity index (χ4v) is 3.31. The molecule has 1 atom stereocenters. The van der Waals surface area contributed by atoms with Gasteiger partial charge < -0.3 is 4.52 Å². The van der Waals surface area contributed by atoms with Crippen LogP contribution in [0, 0.1) is 6.92 Å².